The summed E-state index contributed by atoms with van der Waals surface area (Å²) in [6.07, 6.45) is 0. The van der Waals surface area contributed by atoms with E-state index in [4.69, 9.17) is 11.6 Å². The minimum absolute atomic E-state index is 0.0216. The van der Waals surface area contributed by atoms with E-state index in [0.717, 1.165) is 10.5 Å². The summed E-state index contributed by atoms with van der Waals surface area (Å²) in [5.74, 6) is 0. The summed E-state index contributed by atoms with van der Waals surface area (Å²) >= 11 is 6.81. The number of hydrogen-bond donors (Lipinski definition) is 0. The van der Waals surface area contributed by atoms with Gasteiger partial charge in [0.2, 0.25) is 0 Å². The average Bonchev–Trinajstić information content (AvgIpc) is 3.14. The molecule has 0 atom stereocenters. The molecule has 0 bridgehead atoms. The second kappa shape index (κ2) is 4.93. The summed E-state index contributed by atoms with van der Waals surface area (Å²) < 4.78 is 2.41. The van der Waals surface area contributed by atoms with Crippen LogP contribution in [0.4, 0.5) is 0 Å². The standard InChI is InChI=1S/C27H18ClN/c1-27(2)19-10-5-8-16-15-7-3-4-12-22(15)29-25-17(9-6-11-21(25)28)18-13-14-20(27)24(23(16)19)26(18)29/h3-14H,1-2H3. The van der Waals surface area contributed by atoms with E-state index in [2.05, 4.69) is 85.1 Å². The maximum Gasteiger partial charge on any atom is 0.0727 e. The molecule has 2 aliphatic rings. The Morgan fingerprint density at radius 3 is 2.28 bits per heavy atom. The fourth-order valence-electron chi connectivity index (χ4n) is 5.74. The second-order valence-corrected chi connectivity index (χ2v) is 9.13. The smallest absolute Gasteiger partial charge is 0.0727 e. The van der Waals surface area contributed by atoms with Crippen LogP contribution in [0, 0.1) is 0 Å². The van der Waals surface area contributed by atoms with Gasteiger partial charge in [-0.25, -0.2) is 0 Å². The molecule has 4 aromatic carbocycles. The van der Waals surface area contributed by atoms with Crippen molar-refractivity contribution >= 4 is 33.4 Å². The lowest BCUT2D eigenvalue weighted by molar-refractivity contribution is 0.661. The Labute approximate surface area is 174 Å². The number of aromatic nitrogens is 1. The summed E-state index contributed by atoms with van der Waals surface area (Å²) in [5.41, 5.74) is 11.7. The highest BCUT2D eigenvalue weighted by atomic mass is 35.5. The van der Waals surface area contributed by atoms with E-state index in [1.54, 1.807) is 0 Å². The Bertz CT molecular complexity index is 1530. The summed E-state index contributed by atoms with van der Waals surface area (Å²) in [6.45, 7) is 4.70. The van der Waals surface area contributed by atoms with Gasteiger partial charge in [0.1, 0.15) is 0 Å². The van der Waals surface area contributed by atoms with Crippen molar-refractivity contribution in [3.8, 4) is 27.9 Å². The lowest BCUT2D eigenvalue weighted by atomic mass is 9.81. The first-order chi connectivity index (χ1) is 14.1. The molecule has 29 heavy (non-hydrogen) atoms. The average molecular weight is 392 g/mol. The highest BCUT2D eigenvalue weighted by Gasteiger charge is 2.40. The number of halogens is 1. The molecule has 5 aromatic rings. The Balaban J connectivity index is 1.89. The van der Waals surface area contributed by atoms with Gasteiger partial charge in [-0.1, -0.05) is 86.1 Å². The van der Waals surface area contributed by atoms with Crippen LogP contribution in [0.3, 0.4) is 0 Å². The van der Waals surface area contributed by atoms with Gasteiger partial charge >= 0.3 is 0 Å². The van der Waals surface area contributed by atoms with E-state index < -0.39 is 0 Å². The number of benzene rings is 4. The highest BCUT2D eigenvalue weighted by Crippen LogP contribution is 2.58. The highest BCUT2D eigenvalue weighted by molar-refractivity contribution is 6.37. The summed E-state index contributed by atoms with van der Waals surface area (Å²) in [7, 11) is 0. The molecule has 0 fully saturated rings. The Morgan fingerprint density at radius 1 is 0.655 bits per heavy atom. The third-order valence-corrected chi connectivity index (χ3v) is 7.30. The number of hydrogen-bond acceptors (Lipinski definition) is 0. The van der Waals surface area contributed by atoms with E-state index in [1.807, 2.05) is 6.07 Å². The number of fused-ring (bicyclic) bond motifs is 6. The molecule has 0 N–H and O–H groups in total. The van der Waals surface area contributed by atoms with Gasteiger partial charge in [-0.15, -0.1) is 0 Å². The molecule has 2 heteroatoms. The molecule has 1 nitrogen and oxygen atoms in total. The monoisotopic (exact) mass is 391 g/mol. The molecule has 0 saturated carbocycles. The van der Waals surface area contributed by atoms with Crippen LogP contribution in [0.5, 0.6) is 0 Å². The molecule has 0 radical (unpaired) electrons. The topological polar surface area (TPSA) is 4.93 Å². The van der Waals surface area contributed by atoms with Crippen molar-refractivity contribution in [1.29, 1.82) is 0 Å². The van der Waals surface area contributed by atoms with Crippen LogP contribution < -0.4 is 0 Å². The summed E-state index contributed by atoms with van der Waals surface area (Å²) in [6, 6.07) is 26.4. The minimum Gasteiger partial charge on any atom is -0.306 e. The van der Waals surface area contributed by atoms with Crippen molar-refractivity contribution in [2.75, 3.05) is 0 Å². The van der Waals surface area contributed by atoms with E-state index in [-0.39, 0.29) is 5.41 Å². The van der Waals surface area contributed by atoms with E-state index in [1.165, 1.54) is 55.4 Å². The number of rotatable bonds is 0. The molecule has 0 spiro atoms. The fraction of sp³-hybridized carbons (Fsp3) is 0.111. The molecule has 0 unspecified atom stereocenters. The SMILES string of the molecule is CC1(C)c2cccc3c2-c2c1ccc1c4cccc(Cl)c4n(c21)-c1ccccc1-3. The van der Waals surface area contributed by atoms with Gasteiger partial charge in [-0.2, -0.15) is 0 Å². The molecule has 138 valence electrons. The van der Waals surface area contributed by atoms with Crippen molar-refractivity contribution in [2.45, 2.75) is 19.3 Å². The Kier molecular flexibility index (Phi) is 2.69. The van der Waals surface area contributed by atoms with Crippen molar-refractivity contribution in [1.82, 2.24) is 4.57 Å². The molecule has 1 aliphatic heterocycles. The van der Waals surface area contributed by atoms with Crippen molar-refractivity contribution in [3.63, 3.8) is 0 Å². The zero-order valence-electron chi connectivity index (χ0n) is 16.3. The third kappa shape index (κ3) is 1.66. The molecular weight excluding hydrogens is 374 g/mol. The quantitative estimate of drug-likeness (QED) is 0.249. The normalized spacial score (nSPS) is 15.0. The van der Waals surface area contributed by atoms with Crippen LogP contribution >= 0.6 is 11.6 Å². The lowest BCUT2D eigenvalue weighted by Crippen LogP contribution is -2.15. The van der Waals surface area contributed by atoms with Crippen LogP contribution in [0.15, 0.2) is 72.8 Å². The Hall–Kier alpha value is -3.03. The van der Waals surface area contributed by atoms with Gasteiger partial charge < -0.3 is 4.57 Å². The van der Waals surface area contributed by atoms with Gasteiger partial charge in [0.15, 0.2) is 0 Å². The zero-order valence-corrected chi connectivity index (χ0v) is 17.0. The molecule has 1 aliphatic carbocycles. The Morgan fingerprint density at radius 2 is 1.38 bits per heavy atom. The predicted molar refractivity (Wildman–Crippen MR) is 122 cm³/mol. The van der Waals surface area contributed by atoms with E-state index in [9.17, 15) is 0 Å². The minimum atomic E-state index is -0.0216. The van der Waals surface area contributed by atoms with Crippen molar-refractivity contribution in [3.05, 3.63) is 88.9 Å². The zero-order chi connectivity index (χ0) is 19.5. The van der Waals surface area contributed by atoms with Gasteiger partial charge in [0.05, 0.1) is 21.7 Å². The van der Waals surface area contributed by atoms with Crippen LogP contribution in [0.2, 0.25) is 5.02 Å². The molecular formula is C27H18ClN. The first-order valence-corrected chi connectivity index (χ1v) is 10.5. The molecule has 2 heterocycles. The fourth-order valence-corrected chi connectivity index (χ4v) is 5.99. The molecule has 0 saturated heterocycles. The largest absolute Gasteiger partial charge is 0.306 e. The van der Waals surface area contributed by atoms with Crippen LogP contribution in [0.1, 0.15) is 25.0 Å². The maximum absolute atomic E-state index is 6.81. The van der Waals surface area contributed by atoms with Crippen LogP contribution in [0.25, 0.3) is 49.7 Å². The van der Waals surface area contributed by atoms with Gasteiger partial charge in [0.25, 0.3) is 0 Å². The molecule has 1 aromatic heterocycles. The summed E-state index contributed by atoms with van der Waals surface area (Å²) in [4.78, 5) is 0. The van der Waals surface area contributed by atoms with E-state index in [0.29, 0.717) is 0 Å². The van der Waals surface area contributed by atoms with Gasteiger partial charge in [-0.3, -0.25) is 0 Å². The maximum atomic E-state index is 6.81. The number of para-hydroxylation sites is 2. The predicted octanol–water partition coefficient (Wildman–Crippen LogP) is 7.72. The second-order valence-electron chi connectivity index (χ2n) is 8.73. The molecule has 7 rings (SSSR count). The third-order valence-electron chi connectivity index (χ3n) is 7.00. The van der Waals surface area contributed by atoms with Gasteiger partial charge in [0, 0.05) is 27.3 Å². The summed E-state index contributed by atoms with van der Waals surface area (Å²) in [5, 5.41) is 3.29. The van der Waals surface area contributed by atoms with Crippen LogP contribution in [-0.4, -0.2) is 4.57 Å². The first-order valence-electron chi connectivity index (χ1n) is 10.1. The van der Waals surface area contributed by atoms with Crippen molar-refractivity contribution in [2.24, 2.45) is 0 Å². The molecule has 0 amide bonds. The van der Waals surface area contributed by atoms with Gasteiger partial charge in [-0.05, 0) is 34.4 Å². The van der Waals surface area contributed by atoms with E-state index >= 15 is 0 Å². The number of nitrogens with zero attached hydrogens (tertiary/aromatic N) is 1. The van der Waals surface area contributed by atoms with Crippen LogP contribution in [-0.2, 0) is 5.41 Å². The van der Waals surface area contributed by atoms with Crippen molar-refractivity contribution < 1.29 is 0 Å². The lowest BCUT2D eigenvalue weighted by Gasteiger charge is -2.22. The first kappa shape index (κ1) is 15.8.